The van der Waals surface area contributed by atoms with Gasteiger partial charge in [0.2, 0.25) is 0 Å². The monoisotopic (exact) mass is 447 g/mol. The second-order valence-corrected chi connectivity index (χ2v) is 8.73. The number of aliphatic carboxylic acids is 2. The predicted octanol–water partition coefficient (Wildman–Crippen LogP) is 4.58. The predicted molar refractivity (Wildman–Crippen MR) is 129 cm³/mol. The normalized spacial score (nSPS) is 22.2. The summed E-state index contributed by atoms with van der Waals surface area (Å²) in [7, 11) is 2.30. The molecule has 0 aliphatic carbocycles. The van der Waals surface area contributed by atoms with Crippen molar-refractivity contribution in [1.29, 1.82) is 0 Å². The Kier molecular flexibility index (Phi) is 6.79. The van der Waals surface area contributed by atoms with Crippen LogP contribution in [-0.4, -0.2) is 57.2 Å². The minimum Gasteiger partial charge on any atom is -0.478 e. The minimum absolute atomic E-state index is 0.558. The Morgan fingerprint density at radius 2 is 1.64 bits per heavy atom. The summed E-state index contributed by atoms with van der Waals surface area (Å²) in [5.74, 6) is -2.51. The lowest BCUT2D eigenvalue weighted by atomic mass is 9.97. The van der Waals surface area contributed by atoms with Crippen molar-refractivity contribution < 1.29 is 19.8 Å². The molecule has 2 aromatic carbocycles. The van der Waals surface area contributed by atoms with E-state index in [1.165, 1.54) is 53.4 Å². The molecule has 0 spiro atoms. The molecule has 0 saturated carbocycles. The third-order valence-electron chi connectivity index (χ3n) is 6.59. The molecule has 33 heavy (non-hydrogen) atoms. The molecular weight excluding hydrogens is 418 g/mol. The molecule has 7 heteroatoms. The average molecular weight is 448 g/mol. The maximum absolute atomic E-state index is 9.55. The molecule has 5 rings (SSSR count). The number of H-pyrrole nitrogens is 1. The van der Waals surface area contributed by atoms with Gasteiger partial charge in [0.25, 0.3) is 0 Å². The third kappa shape index (κ3) is 5.62. The van der Waals surface area contributed by atoms with Gasteiger partial charge in [0.15, 0.2) is 0 Å². The summed E-state index contributed by atoms with van der Waals surface area (Å²) >= 11 is 0. The number of fused-ring (bicyclic) bond motifs is 3. The number of carbonyl (C=O) groups is 2. The van der Waals surface area contributed by atoms with E-state index in [1.54, 1.807) is 0 Å². The topological polar surface area (TPSA) is 106 Å². The van der Waals surface area contributed by atoms with E-state index in [4.69, 9.17) is 10.2 Å². The van der Waals surface area contributed by atoms with Gasteiger partial charge < -0.3 is 25.4 Å². The zero-order valence-electron chi connectivity index (χ0n) is 18.6. The number of nitrogens with zero attached hydrogens (tertiary/aromatic N) is 1. The zero-order chi connectivity index (χ0) is 23.4. The quantitative estimate of drug-likeness (QED) is 0.427. The van der Waals surface area contributed by atoms with Crippen molar-refractivity contribution in [2.75, 3.05) is 12.4 Å². The number of carboxylic acids is 2. The summed E-state index contributed by atoms with van der Waals surface area (Å²) in [4.78, 5) is 25.0. The van der Waals surface area contributed by atoms with Crippen LogP contribution < -0.4 is 5.32 Å². The highest BCUT2D eigenvalue weighted by molar-refractivity contribution is 5.89. The second kappa shape index (κ2) is 9.92. The van der Waals surface area contributed by atoms with Gasteiger partial charge in [0.05, 0.1) is 0 Å². The molecule has 3 heterocycles. The molecule has 3 aromatic rings. The molecule has 2 saturated heterocycles. The van der Waals surface area contributed by atoms with Gasteiger partial charge >= 0.3 is 11.9 Å². The van der Waals surface area contributed by atoms with Crippen molar-refractivity contribution in [2.24, 2.45) is 0 Å². The van der Waals surface area contributed by atoms with E-state index in [2.05, 4.69) is 70.8 Å². The molecule has 2 aliphatic rings. The van der Waals surface area contributed by atoms with Crippen LogP contribution in [0.1, 0.15) is 25.7 Å². The van der Waals surface area contributed by atoms with Crippen molar-refractivity contribution in [3.8, 4) is 11.1 Å². The highest BCUT2D eigenvalue weighted by Gasteiger charge is 2.38. The van der Waals surface area contributed by atoms with Gasteiger partial charge in [0.1, 0.15) is 0 Å². The maximum atomic E-state index is 9.55. The zero-order valence-corrected chi connectivity index (χ0v) is 18.6. The maximum Gasteiger partial charge on any atom is 0.328 e. The van der Waals surface area contributed by atoms with Crippen LogP contribution in [0, 0.1) is 0 Å². The van der Waals surface area contributed by atoms with E-state index in [0.29, 0.717) is 18.2 Å². The molecule has 2 unspecified atom stereocenters. The minimum atomic E-state index is -1.26. The number of hydrogen-bond acceptors (Lipinski definition) is 4. The van der Waals surface area contributed by atoms with Crippen LogP contribution in [0.25, 0.3) is 22.0 Å². The lowest BCUT2D eigenvalue weighted by molar-refractivity contribution is -0.134. The number of aromatic nitrogens is 1. The van der Waals surface area contributed by atoms with Crippen LogP contribution in [0.2, 0.25) is 0 Å². The molecule has 1 aromatic heterocycles. The largest absolute Gasteiger partial charge is 0.478 e. The van der Waals surface area contributed by atoms with Crippen molar-refractivity contribution in [3.63, 3.8) is 0 Å². The summed E-state index contributed by atoms with van der Waals surface area (Å²) in [6.07, 6.45) is 8.40. The lowest BCUT2D eigenvalue weighted by Gasteiger charge is -2.37. The fraction of sp³-hybridized carbons (Fsp3) is 0.308. The van der Waals surface area contributed by atoms with E-state index in [9.17, 15) is 9.59 Å². The third-order valence-corrected chi connectivity index (χ3v) is 6.59. The Morgan fingerprint density at radius 3 is 2.30 bits per heavy atom. The van der Waals surface area contributed by atoms with E-state index in [1.807, 2.05) is 6.20 Å². The fourth-order valence-electron chi connectivity index (χ4n) is 4.93. The molecule has 7 nitrogen and oxygen atoms in total. The summed E-state index contributed by atoms with van der Waals surface area (Å²) in [5, 5.41) is 20.7. The Hall–Kier alpha value is -3.58. The van der Waals surface area contributed by atoms with Gasteiger partial charge in [-0.15, -0.1) is 0 Å². The van der Waals surface area contributed by atoms with Crippen LogP contribution in [-0.2, 0) is 9.59 Å². The molecule has 2 atom stereocenters. The van der Waals surface area contributed by atoms with Crippen molar-refractivity contribution in [1.82, 2.24) is 9.88 Å². The van der Waals surface area contributed by atoms with Crippen molar-refractivity contribution >= 4 is 28.5 Å². The molecule has 0 radical (unpaired) electrons. The van der Waals surface area contributed by atoms with Crippen LogP contribution in [0.15, 0.2) is 66.9 Å². The number of aromatic amines is 1. The first-order valence-electron chi connectivity index (χ1n) is 11.2. The molecule has 4 N–H and O–H groups in total. The first kappa shape index (κ1) is 22.6. The van der Waals surface area contributed by atoms with E-state index in [-0.39, 0.29) is 0 Å². The molecule has 2 bridgehead atoms. The van der Waals surface area contributed by atoms with Crippen LogP contribution in [0.4, 0.5) is 5.69 Å². The van der Waals surface area contributed by atoms with E-state index in [0.717, 1.165) is 12.1 Å². The summed E-state index contributed by atoms with van der Waals surface area (Å²) < 4.78 is 0. The molecular formula is C26H29N3O4. The standard InChI is InChI=1S/C22H25N3.C4H4O4/c1-25-20-6-7-21(25)14-19(13-20)24-18-4-2-3-15(12-18)16-5-8-22-17(11-16)9-10-23-22;5-3(6)1-2-4(7)8/h2-5,8-12,19-21,23-24H,6-7,13-14H2,1H3;1-2H,(H,5,6)(H,7,8)/b;2-1+. The number of carboxylic acid groups (broad SMARTS) is 2. The van der Waals surface area contributed by atoms with Gasteiger partial charge in [-0.05, 0) is 79.6 Å². The Morgan fingerprint density at radius 1 is 0.970 bits per heavy atom. The van der Waals surface area contributed by atoms with E-state index < -0.39 is 11.9 Å². The van der Waals surface area contributed by atoms with Crippen molar-refractivity contribution in [3.05, 3.63) is 66.9 Å². The Bertz CT molecular complexity index is 1140. The number of hydrogen-bond donors (Lipinski definition) is 4. The lowest BCUT2D eigenvalue weighted by Crippen LogP contribution is -2.44. The van der Waals surface area contributed by atoms with Crippen molar-refractivity contribution in [2.45, 2.75) is 43.8 Å². The molecule has 2 fully saturated rings. The molecule has 172 valence electrons. The number of piperidine rings is 1. The summed E-state index contributed by atoms with van der Waals surface area (Å²) in [5.41, 5.74) is 5.00. The van der Waals surface area contributed by atoms with Gasteiger partial charge in [-0.1, -0.05) is 18.2 Å². The van der Waals surface area contributed by atoms with Crippen LogP contribution in [0.3, 0.4) is 0 Å². The highest BCUT2D eigenvalue weighted by atomic mass is 16.4. The van der Waals surface area contributed by atoms with Crippen LogP contribution in [0.5, 0.6) is 0 Å². The summed E-state index contributed by atoms with van der Waals surface area (Å²) in [6, 6.07) is 19.8. The smallest absolute Gasteiger partial charge is 0.328 e. The highest BCUT2D eigenvalue weighted by Crippen LogP contribution is 2.36. The Labute approximate surface area is 192 Å². The number of nitrogens with one attached hydrogen (secondary N) is 2. The molecule has 0 amide bonds. The SMILES string of the molecule is CN1C2CCC1CC(Nc1cccc(-c3ccc4[nH]ccc4c3)c1)C2.O=C(O)/C=C/C(=O)O. The molecule has 2 aliphatic heterocycles. The second-order valence-electron chi connectivity index (χ2n) is 8.73. The first-order valence-corrected chi connectivity index (χ1v) is 11.2. The first-order chi connectivity index (χ1) is 15.9. The van der Waals surface area contributed by atoms with Crippen LogP contribution >= 0.6 is 0 Å². The van der Waals surface area contributed by atoms with E-state index >= 15 is 0 Å². The average Bonchev–Trinajstić information content (AvgIpc) is 3.33. The number of benzene rings is 2. The Balaban J connectivity index is 0.000000281. The van der Waals surface area contributed by atoms with Gasteiger partial charge in [-0.3, -0.25) is 0 Å². The number of rotatable bonds is 5. The van der Waals surface area contributed by atoms with Gasteiger partial charge in [0, 0.05) is 47.7 Å². The van der Waals surface area contributed by atoms with Gasteiger partial charge in [-0.25, -0.2) is 9.59 Å². The number of anilines is 1. The fourth-order valence-corrected chi connectivity index (χ4v) is 4.93. The summed E-state index contributed by atoms with van der Waals surface area (Å²) in [6.45, 7) is 0. The van der Waals surface area contributed by atoms with Gasteiger partial charge in [-0.2, -0.15) is 0 Å².